The molecule has 2 fully saturated rings. The number of aryl methyl sites for hydroxylation is 1. The average Bonchev–Trinajstić information content (AvgIpc) is 2.97. The van der Waals surface area contributed by atoms with Crippen LogP contribution in [0.3, 0.4) is 0 Å². The van der Waals surface area contributed by atoms with Crippen molar-refractivity contribution < 1.29 is 9.53 Å². The fourth-order valence-corrected chi connectivity index (χ4v) is 3.66. The lowest BCUT2D eigenvalue weighted by Gasteiger charge is -2.33. The normalized spacial score (nSPS) is 27.6. The SMILES string of the molecule is Cc1sccc1CC(=O)N1C[C@H]2OCCN(C)[C@H]2C1. The number of amides is 1. The molecule has 5 heteroatoms. The second-order valence-electron chi connectivity index (χ2n) is 5.43. The van der Waals surface area contributed by atoms with E-state index in [9.17, 15) is 4.79 Å². The van der Waals surface area contributed by atoms with Crippen molar-refractivity contribution in [1.82, 2.24) is 9.80 Å². The van der Waals surface area contributed by atoms with Crippen molar-refractivity contribution in [2.24, 2.45) is 0 Å². The summed E-state index contributed by atoms with van der Waals surface area (Å²) < 4.78 is 5.78. The zero-order chi connectivity index (χ0) is 13.4. The molecule has 0 saturated carbocycles. The molecule has 0 unspecified atom stereocenters. The van der Waals surface area contributed by atoms with Crippen LogP contribution >= 0.6 is 11.3 Å². The molecule has 0 bridgehead atoms. The summed E-state index contributed by atoms with van der Waals surface area (Å²) >= 11 is 1.71. The van der Waals surface area contributed by atoms with Gasteiger partial charge in [-0.1, -0.05) is 0 Å². The van der Waals surface area contributed by atoms with E-state index in [1.165, 1.54) is 10.4 Å². The monoisotopic (exact) mass is 280 g/mol. The van der Waals surface area contributed by atoms with E-state index in [1.54, 1.807) is 11.3 Å². The van der Waals surface area contributed by atoms with Crippen LogP contribution in [0.25, 0.3) is 0 Å². The molecule has 2 saturated heterocycles. The predicted molar refractivity (Wildman–Crippen MR) is 75.5 cm³/mol. The number of likely N-dealkylation sites (N-methyl/N-ethyl adjacent to an activating group) is 1. The van der Waals surface area contributed by atoms with Gasteiger partial charge < -0.3 is 9.64 Å². The van der Waals surface area contributed by atoms with Gasteiger partial charge in [0.2, 0.25) is 5.91 Å². The Morgan fingerprint density at radius 2 is 2.37 bits per heavy atom. The van der Waals surface area contributed by atoms with Crippen molar-refractivity contribution in [1.29, 1.82) is 0 Å². The third-order valence-electron chi connectivity index (χ3n) is 4.24. The minimum atomic E-state index is 0.200. The third-order valence-corrected chi connectivity index (χ3v) is 5.13. The molecule has 0 aromatic carbocycles. The van der Waals surface area contributed by atoms with Gasteiger partial charge in [0.15, 0.2) is 0 Å². The Labute approximate surface area is 118 Å². The Bertz CT molecular complexity index is 474. The first kappa shape index (κ1) is 13.1. The van der Waals surface area contributed by atoms with Crippen LogP contribution < -0.4 is 0 Å². The van der Waals surface area contributed by atoms with E-state index in [4.69, 9.17) is 4.74 Å². The van der Waals surface area contributed by atoms with Gasteiger partial charge in [-0.05, 0) is 31.0 Å². The van der Waals surface area contributed by atoms with Gasteiger partial charge in [0, 0.05) is 24.5 Å². The highest BCUT2D eigenvalue weighted by atomic mass is 32.1. The van der Waals surface area contributed by atoms with Crippen molar-refractivity contribution in [2.45, 2.75) is 25.5 Å². The largest absolute Gasteiger partial charge is 0.373 e. The molecule has 1 amide bonds. The maximum atomic E-state index is 12.4. The number of nitrogens with zero attached hydrogens (tertiary/aromatic N) is 2. The summed E-state index contributed by atoms with van der Waals surface area (Å²) in [5.74, 6) is 0.230. The summed E-state index contributed by atoms with van der Waals surface area (Å²) in [6.07, 6.45) is 0.727. The average molecular weight is 280 g/mol. The maximum absolute atomic E-state index is 12.4. The van der Waals surface area contributed by atoms with Gasteiger partial charge >= 0.3 is 0 Å². The highest BCUT2D eigenvalue weighted by molar-refractivity contribution is 7.10. The molecule has 3 heterocycles. The van der Waals surface area contributed by atoms with Crippen LogP contribution in [0.2, 0.25) is 0 Å². The number of morpholine rings is 1. The maximum Gasteiger partial charge on any atom is 0.227 e. The van der Waals surface area contributed by atoms with E-state index < -0.39 is 0 Å². The first-order valence-electron chi connectivity index (χ1n) is 6.77. The Morgan fingerprint density at radius 1 is 1.53 bits per heavy atom. The summed E-state index contributed by atoms with van der Waals surface area (Å²) in [7, 11) is 2.12. The highest BCUT2D eigenvalue weighted by Gasteiger charge is 2.40. The number of likely N-dealkylation sites (tertiary alicyclic amines) is 1. The molecular weight excluding hydrogens is 260 g/mol. The number of carbonyl (C=O) groups excluding carboxylic acids is 1. The lowest BCUT2D eigenvalue weighted by molar-refractivity contribution is -0.129. The van der Waals surface area contributed by atoms with E-state index in [2.05, 4.69) is 30.3 Å². The molecular formula is C14H20N2O2S. The first-order chi connectivity index (χ1) is 9.15. The second-order valence-corrected chi connectivity index (χ2v) is 6.55. The van der Waals surface area contributed by atoms with Crippen molar-refractivity contribution >= 4 is 17.2 Å². The summed E-state index contributed by atoms with van der Waals surface area (Å²) in [6.45, 7) is 5.38. The minimum Gasteiger partial charge on any atom is -0.373 e. The van der Waals surface area contributed by atoms with E-state index in [0.29, 0.717) is 12.5 Å². The van der Waals surface area contributed by atoms with Gasteiger partial charge in [0.25, 0.3) is 0 Å². The number of fused-ring (bicyclic) bond motifs is 1. The Morgan fingerprint density at radius 3 is 3.05 bits per heavy atom. The highest BCUT2D eigenvalue weighted by Crippen LogP contribution is 2.23. The van der Waals surface area contributed by atoms with Crippen LogP contribution in [0.15, 0.2) is 11.4 Å². The number of rotatable bonds is 2. The summed E-state index contributed by atoms with van der Waals surface area (Å²) in [5, 5.41) is 2.05. The topological polar surface area (TPSA) is 32.8 Å². The summed E-state index contributed by atoms with van der Waals surface area (Å²) in [5.41, 5.74) is 1.17. The van der Waals surface area contributed by atoms with Crippen LogP contribution in [0.5, 0.6) is 0 Å². The lowest BCUT2D eigenvalue weighted by Crippen LogP contribution is -2.48. The number of ether oxygens (including phenoxy) is 1. The van der Waals surface area contributed by atoms with Gasteiger partial charge in [0.1, 0.15) is 0 Å². The number of thiophene rings is 1. The van der Waals surface area contributed by atoms with Gasteiger partial charge in [-0.2, -0.15) is 0 Å². The fourth-order valence-electron chi connectivity index (χ4n) is 2.93. The van der Waals surface area contributed by atoms with Crippen LogP contribution in [0, 0.1) is 6.92 Å². The van der Waals surface area contributed by atoms with Crippen molar-refractivity contribution in [3.8, 4) is 0 Å². The molecule has 2 aliphatic rings. The number of carbonyl (C=O) groups is 1. The summed E-state index contributed by atoms with van der Waals surface area (Å²) in [4.78, 5) is 17.9. The molecule has 0 spiro atoms. The van der Waals surface area contributed by atoms with Gasteiger partial charge in [-0.25, -0.2) is 0 Å². The molecule has 1 aromatic heterocycles. The lowest BCUT2D eigenvalue weighted by atomic mass is 10.1. The molecule has 4 nitrogen and oxygen atoms in total. The molecule has 2 aliphatic heterocycles. The molecule has 0 aliphatic carbocycles. The first-order valence-corrected chi connectivity index (χ1v) is 7.65. The van der Waals surface area contributed by atoms with Crippen molar-refractivity contribution in [3.63, 3.8) is 0 Å². The Balaban J connectivity index is 1.64. The standard InChI is InChI=1S/C14H20N2O2S/c1-10-11(3-6-19-10)7-14(17)16-8-12-13(9-16)18-5-4-15(12)2/h3,6,12-13H,4-5,7-9H2,1-2H3/t12-,13+/m0/s1. The molecule has 2 atom stereocenters. The van der Waals surface area contributed by atoms with Crippen molar-refractivity contribution in [2.75, 3.05) is 33.3 Å². The summed E-state index contributed by atoms with van der Waals surface area (Å²) in [6, 6.07) is 2.44. The Kier molecular flexibility index (Phi) is 3.60. The minimum absolute atomic E-state index is 0.200. The third kappa shape index (κ3) is 2.55. The Hall–Kier alpha value is -0.910. The zero-order valence-electron chi connectivity index (χ0n) is 11.5. The van der Waals surface area contributed by atoms with Crippen LogP contribution in [-0.4, -0.2) is 61.1 Å². The van der Waals surface area contributed by atoms with Gasteiger partial charge in [0.05, 0.1) is 25.2 Å². The van der Waals surface area contributed by atoms with Crippen LogP contribution in [0.4, 0.5) is 0 Å². The molecule has 0 radical (unpaired) electrons. The second kappa shape index (κ2) is 5.23. The van der Waals surface area contributed by atoms with Gasteiger partial charge in [-0.15, -0.1) is 11.3 Å². The van der Waals surface area contributed by atoms with Crippen LogP contribution in [-0.2, 0) is 16.0 Å². The molecule has 19 heavy (non-hydrogen) atoms. The van der Waals surface area contributed by atoms with Gasteiger partial charge in [-0.3, -0.25) is 9.69 Å². The van der Waals surface area contributed by atoms with E-state index >= 15 is 0 Å². The van der Waals surface area contributed by atoms with E-state index in [0.717, 1.165) is 26.2 Å². The number of hydrogen-bond acceptors (Lipinski definition) is 4. The fraction of sp³-hybridized carbons (Fsp3) is 0.643. The smallest absolute Gasteiger partial charge is 0.227 e. The zero-order valence-corrected chi connectivity index (χ0v) is 12.3. The quantitative estimate of drug-likeness (QED) is 0.814. The van der Waals surface area contributed by atoms with Crippen LogP contribution in [0.1, 0.15) is 10.4 Å². The molecule has 0 N–H and O–H groups in total. The molecule has 3 rings (SSSR count). The van der Waals surface area contributed by atoms with E-state index in [1.807, 2.05) is 4.90 Å². The predicted octanol–water partition coefficient (Wildman–Crippen LogP) is 1.14. The molecule has 104 valence electrons. The number of hydrogen-bond donors (Lipinski definition) is 0. The molecule has 1 aromatic rings. The van der Waals surface area contributed by atoms with Crippen molar-refractivity contribution in [3.05, 3.63) is 21.9 Å². The van der Waals surface area contributed by atoms with E-state index in [-0.39, 0.29) is 12.0 Å².